The van der Waals surface area contributed by atoms with Crippen LogP contribution in [0.4, 0.5) is 8.78 Å². The van der Waals surface area contributed by atoms with Crippen LogP contribution in [0.2, 0.25) is 0 Å². The van der Waals surface area contributed by atoms with Crippen LogP contribution in [-0.4, -0.2) is 5.92 Å². The molecule has 0 N–H and O–H groups in total. The maximum absolute atomic E-state index is 12.6. The van der Waals surface area contributed by atoms with E-state index in [-0.39, 0.29) is 12.3 Å². The van der Waals surface area contributed by atoms with Crippen molar-refractivity contribution < 1.29 is 8.78 Å². The van der Waals surface area contributed by atoms with Gasteiger partial charge in [-0.25, -0.2) is 8.78 Å². The van der Waals surface area contributed by atoms with Gasteiger partial charge in [0.05, 0.1) is 0 Å². The van der Waals surface area contributed by atoms with Gasteiger partial charge in [-0.15, -0.1) is 0 Å². The fourth-order valence-corrected chi connectivity index (χ4v) is 1.31. The molecule has 0 bridgehead atoms. The molecule has 1 aliphatic rings. The van der Waals surface area contributed by atoms with Crippen molar-refractivity contribution in [2.45, 2.75) is 32.6 Å². The van der Waals surface area contributed by atoms with Crippen LogP contribution in [-0.2, 0) is 0 Å². The molecule has 54 valence electrons. The van der Waals surface area contributed by atoms with Gasteiger partial charge in [-0.2, -0.15) is 0 Å². The normalized spacial score (nSPS) is 41.3. The van der Waals surface area contributed by atoms with E-state index in [4.69, 9.17) is 0 Å². The van der Waals surface area contributed by atoms with Crippen molar-refractivity contribution >= 4 is 0 Å². The molecule has 0 aromatic heterocycles. The quantitative estimate of drug-likeness (QED) is 0.477. The van der Waals surface area contributed by atoms with E-state index in [1.165, 1.54) is 0 Å². The highest BCUT2D eigenvalue weighted by molar-refractivity contribution is 4.85. The van der Waals surface area contributed by atoms with Gasteiger partial charge < -0.3 is 0 Å². The zero-order chi connectivity index (χ0) is 7.07. The molecule has 2 unspecified atom stereocenters. The summed E-state index contributed by atoms with van der Waals surface area (Å²) in [7, 11) is 0. The van der Waals surface area contributed by atoms with Crippen molar-refractivity contribution in [3.05, 3.63) is 0 Å². The zero-order valence-corrected chi connectivity index (χ0v) is 5.82. The molecule has 9 heavy (non-hydrogen) atoms. The van der Waals surface area contributed by atoms with Gasteiger partial charge in [0.2, 0.25) is 0 Å². The molecule has 1 saturated carbocycles. The number of alkyl halides is 2. The van der Waals surface area contributed by atoms with Crippen molar-refractivity contribution in [2.75, 3.05) is 0 Å². The Labute approximate surface area is 54.3 Å². The molecule has 0 amide bonds. The van der Waals surface area contributed by atoms with Crippen LogP contribution >= 0.6 is 0 Å². The Bertz CT molecular complexity index is 109. The first-order valence-electron chi connectivity index (χ1n) is 3.42. The fourth-order valence-electron chi connectivity index (χ4n) is 1.31. The Balaban J connectivity index is 2.62. The molecule has 2 atom stereocenters. The highest BCUT2D eigenvalue weighted by Crippen LogP contribution is 2.43. The van der Waals surface area contributed by atoms with E-state index in [0.29, 0.717) is 6.42 Å². The number of hydrogen-bond acceptors (Lipinski definition) is 0. The number of hydrogen-bond donors (Lipinski definition) is 0. The van der Waals surface area contributed by atoms with Gasteiger partial charge in [0.25, 0.3) is 5.92 Å². The second-order valence-corrected chi connectivity index (χ2v) is 3.07. The van der Waals surface area contributed by atoms with E-state index in [0.717, 1.165) is 0 Å². The Kier molecular flexibility index (Phi) is 1.49. The molecule has 0 saturated heterocycles. The smallest absolute Gasteiger partial charge is 0.207 e. The first kappa shape index (κ1) is 6.97. The molecular weight excluding hydrogens is 122 g/mol. The standard InChI is InChI=1S/C7H12F2/c1-5-3-4-7(8,9)6(5)2/h5-6H,3-4H2,1-2H3. The van der Waals surface area contributed by atoms with Gasteiger partial charge >= 0.3 is 0 Å². The van der Waals surface area contributed by atoms with Crippen LogP contribution in [0.1, 0.15) is 26.7 Å². The van der Waals surface area contributed by atoms with Gasteiger partial charge in [0.15, 0.2) is 0 Å². The highest BCUT2D eigenvalue weighted by Gasteiger charge is 2.44. The van der Waals surface area contributed by atoms with Crippen molar-refractivity contribution in [2.24, 2.45) is 11.8 Å². The summed E-state index contributed by atoms with van der Waals surface area (Å²) >= 11 is 0. The van der Waals surface area contributed by atoms with Crippen LogP contribution in [0.3, 0.4) is 0 Å². The second kappa shape index (κ2) is 1.93. The van der Waals surface area contributed by atoms with Crippen molar-refractivity contribution in [3.63, 3.8) is 0 Å². The first-order chi connectivity index (χ1) is 4.04. The van der Waals surface area contributed by atoms with Crippen LogP contribution in [0, 0.1) is 11.8 Å². The maximum atomic E-state index is 12.6. The SMILES string of the molecule is CC1CCC(F)(F)C1C. The lowest BCUT2D eigenvalue weighted by Crippen LogP contribution is -2.21. The second-order valence-electron chi connectivity index (χ2n) is 3.07. The molecule has 0 aromatic carbocycles. The minimum absolute atomic E-state index is 0.0926. The van der Waals surface area contributed by atoms with E-state index in [1.54, 1.807) is 6.92 Å². The fraction of sp³-hybridized carbons (Fsp3) is 1.00. The molecule has 0 aromatic rings. The predicted molar refractivity (Wildman–Crippen MR) is 32.5 cm³/mol. The number of rotatable bonds is 0. The van der Waals surface area contributed by atoms with Crippen LogP contribution in [0.5, 0.6) is 0 Å². The Morgan fingerprint density at radius 2 is 1.89 bits per heavy atom. The lowest BCUT2D eigenvalue weighted by Gasteiger charge is -2.16. The third-order valence-corrected chi connectivity index (χ3v) is 2.45. The van der Waals surface area contributed by atoms with Crippen molar-refractivity contribution in [1.82, 2.24) is 0 Å². The topological polar surface area (TPSA) is 0 Å². The third kappa shape index (κ3) is 1.07. The number of halogens is 2. The van der Waals surface area contributed by atoms with E-state index in [1.807, 2.05) is 6.92 Å². The minimum atomic E-state index is -2.38. The largest absolute Gasteiger partial charge is 0.250 e. The lowest BCUT2D eigenvalue weighted by atomic mass is 9.99. The summed E-state index contributed by atoms with van der Waals surface area (Å²) in [6.07, 6.45) is 0.781. The molecule has 2 heteroatoms. The van der Waals surface area contributed by atoms with Gasteiger partial charge in [-0.3, -0.25) is 0 Å². The Morgan fingerprint density at radius 3 is 2.00 bits per heavy atom. The molecule has 0 radical (unpaired) electrons. The van der Waals surface area contributed by atoms with E-state index in [2.05, 4.69) is 0 Å². The van der Waals surface area contributed by atoms with Gasteiger partial charge in [-0.1, -0.05) is 13.8 Å². The van der Waals surface area contributed by atoms with E-state index >= 15 is 0 Å². The van der Waals surface area contributed by atoms with Crippen LogP contribution < -0.4 is 0 Å². The molecule has 0 heterocycles. The summed E-state index contributed by atoms with van der Waals surface area (Å²) in [6.45, 7) is 3.53. The highest BCUT2D eigenvalue weighted by atomic mass is 19.3. The van der Waals surface area contributed by atoms with Crippen molar-refractivity contribution in [1.29, 1.82) is 0 Å². The van der Waals surface area contributed by atoms with E-state index in [9.17, 15) is 8.78 Å². The first-order valence-corrected chi connectivity index (χ1v) is 3.42. The molecule has 1 aliphatic carbocycles. The molecule has 0 aliphatic heterocycles. The Hall–Kier alpha value is -0.140. The summed E-state index contributed by atoms with van der Waals surface area (Å²) in [6, 6.07) is 0. The lowest BCUT2D eigenvalue weighted by molar-refractivity contribution is -0.0371. The average Bonchev–Trinajstić information content (AvgIpc) is 1.97. The molecule has 0 spiro atoms. The third-order valence-electron chi connectivity index (χ3n) is 2.45. The average molecular weight is 134 g/mol. The predicted octanol–water partition coefficient (Wildman–Crippen LogP) is 2.69. The summed E-state index contributed by atoms with van der Waals surface area (Å²) in [5.74, 6) is -2.57. The molecular formula is C7H12F2. The van der Waals surface area contributed by atoms with Gasteiger partial charge in [-0.05, 0) is 12.3 Å². The summed E-state index contributed by atoms with van der Waals surface area (Å²) in [4.78, 5) is 0. The molecule has 0 nitrogen and oxygen atoms in total. The summed E-state index contributed by atoms with van der Waals surface area (Å²) in [5.41, 5.74) is 0. The van der Waals surface area contributed by atoms with Crippen molar-refractivity contribution in [3.8, 4) is 0 Å². The monoisotopic (exact) mass is 134 g/mol. The van der Waals surface area contributed by atoms with Gasteiger partial charge in [0.1, 0.15) is 0 Å². The zero-order valence-electron chi connectivity index (χ0n) is 5.82. The van der Waals surface area contributed by atoms with Gasteiger partial charge in [0, 0.05) is 12.3 Å². The maximum Gasteiger partial charge on any atom is 0.250 e. The Morgan fingerprint density at radius 1 is 1.33 bits per heavy atom. The van der Waals surface area contributed by atoms with Crippen LogP contribution in [0.25, 0.3) is 0 Å². The summed E-state index contributed by atoms with van der Waals surface area (Å²) in [5, 5.41) is 0. The molecule has 1 fully saturated rings. The summed E-state index contributed by atoms with van der Waals surface area (Å²) < 4.78 is 25.2. The minimum Gasteiger partial charge on any atom is -0.207 e. The van der Waals surface area contributed by atoms with Crippen LogP contribution in [0.15, 0.2) is 0 Å². The molecule has 1 rings (SSSR count). The van der Waals surface area contributed by atoms with E-state index < -0.39 is 11.8 Å².